The highest BCUT2D eigenvalue weighted by molar-refractivity contribution is 6.32. The van der Waals surface area contributed by atoms with E-state index >= 15 is 0 Å². The van der Waals surface area contributed by atoms with Gasteiger partial charge in [0, 0.05) is 32.0 Å². The minimum absolute atomic E-state index is 0.101. The standard InChI is InChI=1S/C20H14ClF4N3O7/c1-27-14(20(23,24)25)8-15(29)28(18(27)32)12-7-13(10(21)6-11(12)22)35-19(2-3-19)17(31)34-9-16(30)33-5-4-26/h6-8H,2-3,5,9H2,1H3. The van der Waals surface area contributed by atoms with E-state index in [1.54, 1.807) is 6.07 Å². The number of hydrogen-bond acceptors (Lipinski definition) is 8. The molecule has 0 atom stereocenters. The van der Waals surface area contributed by atoms with Gasteiger partial charge in [0.15, 0.2) is 13.2 Å². The molecule has 2 aromatic rings. The maximum Gasteiger partial charge on any atom is 0.431 e. The summed E-state index contributed by atoms with van der Waals surface area (Å²) in [7, 11) is 0.753. The second-order valence-electron chi connectivity index (χ2n) is 7.27. The molecule has 15 heteroatoms. The van der Waals surface area contributed by atoms with Crippen molar-refractivity contribution in [3.8, 4) is 17.5 Å². The molecule has 0 spiro atoms. The monoisotopic (exact) mass is 519 g/mol. The van der Waals surface area contributed by atoms with Crippen LogP contribution in [-0.2, 0) is 32.3 Å². The van der Waals surface area contributed by atoms with Crippen LogP contribution in [0.2, 0.25) is 5.02 Å². The van der Waals surface area contributed by atoms with Gasteiger partial charge in [-0.2, -0.15) is 18.4 Å². The van der Waals surface area contributed by atoms with Gasteiger partial charge in [0.25, 0.3) is 5.56 Å². The summed E-state index contributed by atoms with van der Waals surface area (Å²) in [6.45, 7) is -1.36. The van der Waals surface area contributed by atoms with Gasteiger partial charge >= 0.3 is 23.8 Å². The number of nitrogens with zero attached hydrogens (tertiary/aromatic N) is 3. The van der Waals surface area contributed by atoms with Crippen LogP contribution in [0.25, 0.3) is 5.69 Å². The molecule has 1 aromatic heterocycles. The molecule has 0 aliphatic heterocycles. The lowest BCUT2D eigenvalue weighted by molar-refractivity contribution is -0.164. The maximum atomic E-state index is 14.6. The van der Waals surface area contributed by atoms with Crippen LogP contribution in [-0.4, -0.2) is 39.9 Å². The third kappa shape index (κ3) is 5.29. The molecule has 3 rings (SSSR count). The Labute approximate surface area is 197 Å². The van der Waals surface area contributed by atoms with Crippen LogP contribution < -0.4 is 16.0 Å². The number of carbonyl (C=O) groups excluding carboxylic acids is 2. The average molecular weight is 520 g/mol. The van der Waals surface area contributed by atoms with Gasteiger partial charge in [0.1, 0.15) is 23.3 Å². The van der Waals surface area contributed by atoms with Crippen molar-refractivity contribution in [3.05, 3.63) is 55.6 Å². The first-order valence-corrected chi connectivity index (χ1v) is 9.97. The van der Waals surface area contributed by atoms with Crippen LogP contribution in [0, 0.1) is 17.1 Å². The summed E-state index contributed by atoms with van der Waals surface area (Å²) in [6, 6.07) is 3.11. The SMILES string of the molecule is Cn1c(C(F)(F)F)cc(=O)n(-c2cc(OC3(C(=O)OCC(=O)OCC#N)CC3)c(Cl)cc2F)c1=O. The number of alkyl halides is 3. The van der Waals surface area contributed by atoms with E-state index in [1.165, 1.54) is 0 Å². The molecule has 35 heavy (non-hydrogen) atoms. The number of aromatic nitrogens is 2. The Morgan fingerprint density at radius 1 is 1.20 bits per heavy atom. The Morgan fingerprint density at radius 3 is 2.43 bits per heavy atom. The molecule has 1 saturated carbocycles. The molecule has 0 unspecified atom stereocenters. The number of halogens is 5. The number of rotatable bonds is 7. The first-order valence-electron chi connectivity index (χ1n) is 9.59. The maximum absolute atomic E-state index is 14.6. The van der Waals surface area contributed by atoms with E-state index < -0.39 is 65.4 Å². The molecular weight excluding hydrogens is 506 g/mol. The normalized spacial score (nSPS) is 14.1. The van der Waals surface area contributed by atoms with Crippen molar-refractivity contribution in [1.29, 1.82) is 5.26 Å². The number of esters is 2. The number of ether oxygens (including phenoxy) is 3. The fourth-order valence-electron chi connectivity index (χ4n) is 2.97. The summed E-state index contributed by atoms with van der Waals surface area (Å²) in [5, 5.41) is 7.98. The van der Waals surface area contributed by atoms with E-state index in [0.29, 0.717) is 6.07 Å². The van der Waals surface area contributed by atoms with E-state index in [4.69, 9.17) is 26.3 Å². The fraction of sp³-hybridized carbons (Fsp3) is 0.350. The van der Waals surface area contributed by atoms with Crippen molar-refractivity contribution in [2.45, 2.75) is 24.6 Å². The third-order valence-corrected chi connectivity index (χ3v) is 5.15. The quantitative estimate of drug-likeness (QED) is 0.400. The first kappa shape index (κ1) is 25.8. The summed E-state index contributed by atoms with van der Waals surface area (Å²) in [4.78, 5) is 48.6. The Hall–Kier alpha value is -3.86. The smallest absolute Gasteiger partial charge is 0.431 e. The van der Waals surface area contributed by atoms with Gasteiger partial charge in [-0.05, 0) is 6.07 Å². The summed E-state index contributed by atoms with van der Waals surface area (Å²) in [5.74, 6) is -3.60. The van der Waals surface area contributed by atoms with Crippen LogP contribution in [0.3, 0.4) is 0 Å². The largest absolute Gasteiger partial charge is 0.474 e. The van der Waals surface area contributed by atoms with Crippen LogP contribution in [0.1, 0.15) is 18.5 Å². The molecule has 1 aliphatic rings. The van der Waals surface area contributed by atoms with Gasteiger partial charge in [0.2, 0.25) is 5.60 Å². The molecule has 1 aliphatic carbocycles. The van der Waals surface area contributed by atoms with Gasteiger partial charge in [0.05, 0.1) is 10.7 Å². The molecule has 0 amide bonds. The van der Waals surface area contributed by atoms with E-state index in [0.717, 1.165) is 13.1 Å². The second-order valence-corrected chi connectivity index (χ2v) is 7.68. The minimum atomic E-state index is -5.02. The number of nitriles is 1. The average Bonchev–Trinajstić information content (AvgIpc) is 3.56. The third-order valence-electron chi connectivity index (χ3n) is 4.85. The van der Waals surface area contributed by atoms with Gasteiger partial charge in [-0.25, -0.2) is 23.3 Å². The van der Waals surface area contributed by atoms with Crippen molar-refractivity contribution in [2.24, 2.45) is 7.05 Å². The Bertz CT molecular complexity index is 1360. The van der Waals surface area contributed by atoms with Gasteiger partial charge in [-0.3, -0.25) is 9.36 Å². The van der Waals surface area contributed by atoms with E-state index in [-0.39, 0.29) is 38.8 Å². The molecule has 0 N–H and O–H groups in total. The van der Waals surface area contributed by atoms with Gasteiger partial charge < -0.3 is 14.2 Å². The molecular formula is C20H14ClF4N3O7. The van der Waals surface area contributed by atoms with Crippen LogP contribution in [0.15, 0.2) is 27.8 Å². The van der Waals surface area contributed by atoms with Crippen LogP contribution in [0.5, 0.6) is 5.75 Å². The fourth-order valence-corrected chi connectivity index (χ4v) is 3.16. The van der Waals surface area contributed by atoms with Crippen molar-refractivity contribution < 1.29 is 41.4 Å². The van der Waals surface area contributed by atoms with E-state index in [2.05, 4.69) is 4.74 Å². The van der Waals surface area contributed by atoms with Crippen LogP contribution in [0.4, 0.5) is 17.6 Å². The van der Waals surface area contributed by atoms with E-state index in [9.17, 15) is 36.7 Å². The van der Waals surface area contributed by atoms with Crippen molar-refractivity contribution in [2.75, 3.05) is 13.2 Å². The van der Waals surface area contributed by atoms with Crippen molar-refractivity contribution >= 4 is 23.5 Å². The highest BCUT2D eigenvalue weighted by Gasteiger charge is 2.55. The lowest BCUT2D eigenvalue weighted by Gasteiger charge is -2.19. The first-order chi connectivity index (χ1) is 16.3. The molecule has 1 aromatic carbocycles. The zero-order chi connectivity index (χ0) is 26.1. The summed E-state index contributed by atoms with van der Waals surface area (Å²) >= 11 is 5.97. The van der Waals surface area contributed by atoms with Crippen LogP contribution >= 0.6 is 11.6 Å². The van der Waals surface area contributed by atoms with Gasteiger partial charge in [-0.1, -0.05) is 11.6 Å². The molecule has 0 radical (unpaired) electrons. The van der Waals surface area contributed by atoms with E-state index in [1.807, 2.05) is 0 Å². The molecule has 186 valence electrons. The molecule has 0 saturated heterocycles. The lowest BCUT2D eigenvalue weighted by Crippen LogP contribution is -2.41. The summed E-state index contributed by atoms with van der Waals surface area (Å²) in [6.07, 6.45) is -4.81. The summed E-state index contributed by atoms with van der Waals surface area (Å²) in [5.41, 5.74) is -6.89. The summed E-state index contributed by atoms with van der Waals surface area (Å²) < 4.78 is 68.9. The number of benzene rings is 1. The molecule has 1 heterocycles. The number of carbonyl (C=O) groups is 2. The Balaban J connectivity index is 1.93. The predicted molar refractivity (Wildman–Crippen MR) is 107 cm³/mol. The zero-order valence-corrected chi connectivity index (χ0v) is 18.4. The zero-order valence-electron chi connectivity index (χ0n) is 17.6. The molecule has 1 fully saturated rings. The molecule has 0 bridgehead atoms. The highest BCUT2D eigenvalue weighted by Crippen LogP contribution is 2.44. The van der Waals surface area contributed by atoms with Gasteiger partial charge in [-0.15, -0.1) is 0 Å². The topological polar surface area (TPSA) is 130 Å². The minimum Gasteiger partial charge on any atom is -0.474 e. The predicted octanol–water partition coefficient (Wildman–Crippen LogP) is 1.87. The van der Waals surface area contributed by atoms with Crippen molar-refractivity contribution in [1.82, 2.24) is 9.13 Å². The molecule has 10 nitrogen and oxygen atoms in total. The Morgan fingerprint density at radius 2 is 1.86 bits per heavy atom. The Kier molecular flexibility index (Phi) is 6.93. The second kappa shape index (κ2) is 9.41. The lowest BCUT2D eigenvalue weighted by atomic mass is 10.2. The highest BCUT2D eigenvalue weighted by atomic mass is 35.5. The number of hydrogen-bond donors (Lipinski definition) is 0. The van der Waals surface area contributed by atoms with Crippen molar-refractivity contribution in [3.63, 3.8) is 0 Å².